The van der Waals surface area contributed by atoms with Crippen LogP contribution < -0.4 is 5.73 Å². The molecule has 0 heterocycles. The Hall–Kier alpha value is -1.71. The van der Waals surface area contributed by atoms with Gasteiger partial charge in [0.05, 0.1) is 0 Å². The quantitative estimate of drug-likeness (QED) is 0.624. The summed E-state index contributed by atoms with van der Waals surface area (Å²) in [5.41, 5.74) is 6.13. The summed E-state index contributed by atoms with van der Waals surface area (Å²) >= 11 is 0. The van der Waals surface area contributed by atoms with E-state index < -0.39 is 5.97 Å². The van der Waals surface area contributed by atoms with Gasteiger partial charge in [-0.1, -0.05) is 13.3 Å². The second kappa shape index (κ2) is 5.29. The maximum Gasteiger partial charge on any atom is 0.342 e. The Labute approximate surface area is 107 Å². The molecule has 0 radical (unpaired) electrons. The molecule has 1 aromatic rings. The van der Waals surface area contributed by atoms with Gasteiger partial charge < -0.3 is 15.6 Å². The van der Waals surface area contributed by atoms with Crippen LogP contribution in [0.4, 0.5) is 5.69 Å². The van der Waals surface area contributed by atoms with E-state index in [1.807, 2.05) is 0 Å². The van der Waals surface area contributed by atoms with Crippen molar-refractivity contribution in [3.05, 3.63) is 23.8 Å². The van der Waals surface area contributed by atoms with Crippen molar-refractivity contribution in [2.24, 2.45) is 5.92 Å². The lowest BCUT2D eigenvalue weighted by Crippen LogP contribution is -2.28. The van der Waals surface area contributed by atoms with Crippen molar-refractivity contribution >= 4 is 11.7 Å². The Bertz CT molecular complexity index is 445. The highest BCUT2D eigenvalue weighted by molar-refractivity contribution is 5.93. The van der Waals surface area contributed by atoms with Crippen LogP contribution in [0.5, 0.6) is 5.75 Å². The maximum absolute atomic E-state index is 12.0. The minimum Gasteiger partial charge on any atom is -0.507 e. The van der Waals surface area contributed by atoms with Crippen LogP contribution in [-0.2, 0) is 4.74 Å². The van der Waals surface area contributed by atoms with Crippen molar-refractivity contribution in [1.29, 1.82) is 0 Å². The second-order valence-electron chi connectivity index (χ2n) is 4.98. The van der Waals surface area contributed by atoms with E-state index in [0.717, 1.165) is 19.3 Å². The number of anilines is 1. The van der Waals surface area contributed by atoms with E-state index in [-0.39, 0.29) is 17.4 Å². The number of rotatable bonds is 2. The van der Waals surface area contributed by atoms with Crippen LogP contribution in [0.1, 0.15) is 43.0 Å². The molecule has 0 aliphatic heterocycles. The van der Waals surface area contributed by atoms with Crippen LogP contribution >= 0.6 is 0 Å². The van der Waals surface area contributed by atoms with E-state index in [4.69, 9.17) is 10.5 Å². The Morgan fingerprint density at radius 1 is 1.39 bits per heavy atom. The SMILES string of the molecule is CC1CCCCC1OC(=O)c1ccc(N)cc1O. The summed E-state index contributed by atoms with van der Waals surface area (Å²) in [7, 11) is 0. The first-order valence-electron chi connectivity index (χ1n) is 6.37. The van der Waals surface area contributed by atoms with E-state index in [0.29, 0.717) is 11.6 Å². The number of hydrogen-bond acceptors (Lipinski definition) is 4. The molecule has 4 nitrogen and oxygen atoms in total. The number of hydrogen-bond donors (Lipinski definition) is 2. The molecule has 0 amide bonds. The summed E-state index contributed by atoms with van der Waals surface area (Å²) in [5.74, 6) is -0.201. The largest absolute Gasteiger partial charge is 0.507 e. The smallest absolute Gasteiger partial charge is 0.342 e. The molecule has 3 N–H and O–H groups in total. The van der Waals surface area contributed by atoms with Gasteiger partial charge in [0.2, 0.25) is 0 Å². The van der Waals surface area contributed by atoms with Gasteiger partial charge >= 0.3 is 5.97 Å². The highest BCUT2D eigenvalue weighted by Crippen LogP contribution is 2.28. The van der Waals surface area contributed by atoms with Gasteiger partial charge in [0, 0.05) is 11.8 Å². The average molecular weight is 249 g/mol. The van der Waals surface area contributed by atoms with Crippen molar-refractivity contribution in [3.8, 4) is 5.75 Å². The molecule has 0 aromatic heterocycles. The van der Waals surface area contributed by atoms with Crippen LogP contribution in [0, 0.1) is 5.92 Å². The van der Waals surface area contributed by atoms with E-state index in [1.165, 1.54) is 18.6 Å². The fourth-order valence-electron chi connectivity index (χ4n) is 2.38. The molecule has 2 atom stereocenters. The number of nitrogen functional groups attached to an aromatic ring is 1. The third-order valence-corrected chi connectivity index (χ3v) is 3.53. The summed E-state index contributed by atoms with van der Waals surface area (Å²) in [6.07, 6.45) is 4.25. The van der Waals surface area contributed by atoms with Crippen LogP contribution in [0.25, 0.3) is 0 Å². The molecule has 2 unspecified atom stereocenters. The van der Waals surface area contributed by atoms with Crippen molar-refractivity contribution < 1.29 is 14.6 Å². The number of ether oxygens (including phenoxy) is 1. The van der Waals surface area contributed by atoms with Gasteiger partial charge in [-0.25, -0.2) is 4.79 Å². The fourth-order valence-corrected chi connectivity index (χ4v) is 2.38. The summed E-state index contributed by atoms with van der Waals surface area (Å²) < 4.78 is 5.47. The van der Waals surface area contributed by atoms with Crippen LogP contribution in [0.2, 0.25) is 0 Å². The topological polar surface area (TPSA) is 72.5 Å². The van der Waals surface area contributed by atoms with Gasteiger partial charge in [0.1, 0.15) is 17.4 Å². The van der Waals surface area contributed by atoms with E-state index >= 15 is 0 Å². The minimum atomic E-state index is -0.466. The van der Waals surface area contributed by atoms with Gasteiger partial charge in [0.15, 0.2) is 0 Å². The number of nitrogens with two attached hydrogens (primary N) is 1. The second-order valence-corrected chi connectivity index (χ2v) is 4.98. The summed E-state index contributed by atoms with van der Waals surface area (Å²) in [4.78, 5) is 12.0. The highest BCUT2D eigenvalue weighted by Gasteiger charge is 2.26. The van der Waals surface area contributed by atoms with Crippen LogP contribution in [0.3, 0.4) is 0 Å². The molecule has 98 valence electrons. The molecule has 1 aliphatic rings. The fraction of sp³-hybridized carbons (Fsp3) is 0.500. The Morgan fingerprint density at radius 2 is 2.11 bits per heavy atom. The lowest BCUT2D eigenvalue weighted by atomic mass is 9.88. The van der Waals surface area contributed by atoms with Crippen molar-refractivity contribution in [3.63, 3.8) is 0 Å². The number of carbonyl (C=O) groups is 1. The minimum absolute atomic E-state index is 0.0387. The van der Waals surface area contributed by atoms with Crippen molar-refractivity contribution in [2.45, 2.75) is 38.7 Å². The molecule has 0 saturated heterocycles. The predicted molar refractivity (Wildman–Crippen MR) is 69.4 cm³/mol. The molecule has 1 fully saturated rings. The monoisotopic (exact) mass is 249 g/mol. The molecule has 2 rings (SSSR count). The van der Waals surface area contributed by atoms with Crippen LogP contribution in [-0.4, -0.2) is 17.2 Å². The number of phenols is 1. The van der Waals surface area contributed by atoms with Gasteiger partial charge in [-0.2, -0.15) is 0 Å². The van der Waals surface area contributed by atoms with Gasteiger partial charge in [0.25, 0.3) is 0 Å². The van der Waals surface area contributed by atoms with Crippen molar-refractivity contribution in [2.75, 3.05) is 5.73 Å². The molecule has 0 spiro atoms. The third-order valence-electron chi connectivity index (χ3n) is 3.53. The zero-order valence-corrected chi connectivity index (χ0v) is 10.6. The molecular formula is C14H19NO3. The highest BCUT2D eigenvalue weighted by atomic mass is 16.5. The number of phenolic OH excluding ortho intramolecular Hbond substituents is 1. The Balaban J connectivity index is 2.07. The lowest BCUT2D eigenvalue weighted by molar-refractivity contribution is 0.00456. The van der Waals surface area contributed by atoms with Gasteiger partial charge in [-0.05, 0) is 37.3 Å². The Morgan fingerprint density at radius 3 is 2.78 bits per heavy atom. The van der Waals surface area contributed by atoms with Crippen LogP contribution in [0.15, 0.2) is 18.2 Å². The van der Waals surface area contributed by atoms with Crippen molar-refractivity contribution in [1.82, 2.24) is 0 Å². The molecule has 0 bridgehead atoms. The number of esters is 1. The average Bonchev–Trinajstić information content (AvgIpc) is 2.32. The summed E-state index contributed by atoms with van der Waals surface area (Å²) in [6, 6.07) is 4.45. The molecule has 1 saturated carbocycles. The standard InChI is InChI=1S/C14H19NO3/c1-9-4-2-3-5-13(9)18-14(17)11-7-6-10(15)8-12(11)16/h6-9,13,16H,2-5,15H2,1H3. The first kappa shape index (κ1) is 12.7. The molecule has 1 aliphatic carbocycles. The summed E-state index contributed by atoms with van der Waals surface area (Å²) in [6.45, 7) is 2.10. The first-order valence-corrected chi connectivity index (χ1v) is 6.37. The molecular weight excluding hydrogens is 230 g/mol. The lowest BCUT2D eigenvalue weighted by Gasteiger charge is -2.28. The zero-order valence-electron chi connectivity index (χ0n) is 10.6. The zero-order chi connectivity index (χ0) is 13.1. The molecule has 1 aromatic carbocycles. The Kier molecular flexibility index (Phi) is 3.75. The number of benzene rings is 1. The summed E-state index contributed by atoms with van der Waals surface area (Å²) in [5, 5.41) is 9.68. The first-order chi connectivity index (χ1) is 8.58. The van der Waals surface area contributed by atoms with E-state index in [2.05, 4.69) is 6.92 Å². The molecule has 4 heteroatoms. The van der Waals surface area contributed by atoms with E-state index in [9.17, 15) is 9.90 Å². The third kappa shape index (κ3) is 2.75. The van der Waals surface area contributed by atoms with E-state index in [1.54, 1.807) is 6.07 Å². The molecule has 18 heavy (non-hydrogen) atoms. The van der Waals surface area contributed by atoms with Gasteiger partial charge in [-0.15, -0.1) is 0 Å². The number of carbonyl (C=O) groups excluding carboxylic acids is 1. The predicted octanol–water partition coefficient (Wildman–Crippen LogP) is 2.71. The van der Waals surface area contributed by atoms with Gasteiger partial charge in [-0.3, -0.25) is 0 Å². The number of aromatic hydroxyl groups is 1. The maximum atomic E-state index is 12.0. The normalized spacial score (nSPS) is 23.6.